The van der Waals surface area contributed by atoms with Crippen molar-refractivity contribution >= 4 is 6.09 Å². The Balaban J connectivity index is 1.23. The van der Waals surface area contributed by atoms with E-state index < -0.39 is 5.60 Å². The monoisotopic (exact) mass is 412 g/mol. The molecule has 2 aromatic rings. The minimum Gasteiger partial charge on any atom is -0.445 e. The van der Waals surface area contributed by atoms with Crippen molar-refractivity contribution < 1.29 is 19.0 Å². The molecule has 1 aliphatic heterocycles. The van der Waals surface area contributed by atoms with Gasteiger partial charge in [0.05, 0.1) is 5.60 Å². The molecule has 160 valence electrons. The lowest BCUT2D eigenvalue weighted by atomic mass is 9.77. The molecule has 2 aromatic carbocycles. The molecule has 0 atom stereocenters. The fraction of sp³-hybridized carbons (Fsp3) is 0.458. The molecular weight excluding hydrogens is 383 g/mol. The minimum absolute atomic E-state index is 0.257. The molecule has 1 N–H and O–H groups in total. The van der Waals surface area contributed by atoms with E-state index in [0.29, 0.717) is 38.6 Å². The van der Waals surface area contributed by atoms with Crippen molar-refractivity contribution in [1.82, 2.24) is 9.80 Å². The van der Waals surface area contributed by atoms with Gasteiger partial charge in [-0.1, -0.05) is 42.5 Å². The first kappa shape index (κ1) is 20.8. The van der Waals surface area contributed by atoms with Crippen LogP contribution in [0.2, 0.25) is 0 Å². The van der Waals surface area contributed by atoms with Gasteiger partial charge in [0.25, 0.3) is 0 Å². The van der Waals surface area contributed by atoms with Crippen LogP contribution < -0.4 is 0 Å². The van der Waals surface area contributed by atoms with Crippen LogP contribution in [0.1, 0.15) is 36.8 Å². The Bertz CT molecular complexity index is 827. The smallest absolute Gasteiger partial charge is 0.410 e. The van der Waals surface area contributed by atoms with E-state index in [0.717, 1.165) is 37.1 Å². The van der Waals surface area contributed by atoms with Gasteiger partial charge in [0.15, 0.2) is 0 Å². The topological polar surface area (TPSA) is 53.0 Å². The van der Waals surface area contributed by atoms with Crippen LogP contribution in [-0.2, 0) is 16.9 Å². The molecule has 1 amide bonds. The summed E-state index contributed by atoms with van der Waals surface area (Å²) in [5, 5.41) is 11.0. The van der Waals surface area contributed by atoms with Gasteiger partial charge >= 0.3 is 6.09 Å². The van der Waals surface area contributed by atoms with Crippen molar-refractivity contribution in [3.8, 4) is 0 Å². The third-order valence-corrected chi connectivity index (χ3v) is 6.46. The molecule has 1 heterocycles. The zero-order valence-electron chi connectivity index (χ0n) is 17.2. The Kier molecular flexibility index (Phi) is 6.35. The maximum absolute atomic E-state index is 13.2. The number of benzene rings is 2. The number of carbonyl (C=O) groups excluding carboxylic acids is 1. The van der Waals surface area contributed by atoms with Crippen molar-refractivity contribution in [3.63, 3.8) is 0 Å². The number of hydrogen-bond donors (Lipinski definition) is 1. The van der Waals surface area contributed by atoms with Crippen LogP contribution in [0.3, 0.4) is 0 Å². The van der Waals surface area contributed by atoms with E-state index >= 15 is 0 Å². The van der Waals surface area contributed by atoms with Crippen molar-refractivity contribution in [2.45, 2.75) is 43.9 Å². The number of carbonyl (C=O) groups is 1. The molecule has 6 heteroatoms. The third kappa shape index (κ3) is 4.82. The second-order valence-corrected chi connectivity index (χ2v) is 8.33. The fourth-order valence-corrected chi connectivity index (χ4v) is 4.57. The average molecular weight is 413 g/mol. The van der Waals surface area contributed by atoms with Crippen LogP contribution >= 0.6 is 0 Å². The van der Waals surface area contributed by atoms with E-state index in [-0.39, 0.29) is 11.9 Å². The van der Waals surface area contributed by atoms with Crippen LogP contribution in [0.25, 0.3) is 0 Å². The highest BCUT2D eigenvalue weighted by Gasteiger charge is 2.37. The number of rotatable bonds is 4. The van der Waals surface area contributed by atoms with Crippen molar-refractivity contribution in [2.75, 3.05) is 26.2 Å². The molecule has 1 aliphatic carbocycles. The van der Waals surface area contributed by atoms with Gasteiger partial charge in [0, 0.05) is 32.2 Å². The van der Waals surface area contributed by atoms with Gasteiger partial charge in [-0.05, 0) is 48.9 Å². The van der Waals surface area contributed by atoms with Crippen LogP contribution in [0.5, 0.6) is 0 Å². The van der Waals surface area contributed by atoms with Crippen molar-refractivity contribution in [3.05, 3.63) is 71.5 Å². The van der Waals surface area contributed by atoms with Gasteiger partial charge in [0.2, 0.25) is 0 Å². The first-order valence-corrected chi connectivity index (χ1v) is 10.7. The number of hydrogen-bond acceptors (Lipinski definition) is 4. The molecular formula is C24H29FN2O3. The summed E-state index contributed by atoms with van der Waals surface area (Å²) >= 11 is 0. The van der Waals surface area contributed by atoms with E-state index in [1.807, 2.05) is 30.3 Å². The van der Waals surface area contributed by atoms with E-state index in [1.54, 1.807) is 17.0 Å². The Labute approximate surface area is 177 Å². The second-order valence-electron chi connectivity index (χ2n) is 8.33. The maximum atomic E-state index is 13.2. The Morgan fingerprint density at radius 2 is 1.63 bits per heavy atom. The van der Waals surface area contributed by atoms with Crippen LogP contribution in [0, 0.1) is 5.82 Å². The lowest BCUT2D eigenvalue weighted by molar-refractivity contribution is -0.0314. The highest BCUT2D eigenvalue weighted by atomic mass is 19.1. The van der Waals surface area contributed by atoms with E-state index in [9.17, 15) is 14.3 Å². The lowest BCUT2D eigenvalue weighted by Gasteiger charge is -2.44. The predicted octanol–water partition coefficient (Wildman–Crippen LogP) is 3.91. The predicted molar refractivity (Wildman–Crippen MR) is 112 cm³/mol. The number of aliphatic hydroxyl groups is 1. The number of piperazine rings is 1. The molecule has 2 fully saturated rings. The molecule has 0 unspecified atom stereocenters. The number of halogens is 1. The standard InChI is InChI=1S/C24H29FN2O3/c25-21-8-6-20(7-9-21)24(29)12-10-22(11-13-24)26-14-16-27(17-15-26)23(28)30-18-19-4-2-1-3-5-19/h1-9,22,29H,10-18H2. The van der Waals surface area contributed by atoms with E-state index in [2.05, 4.69) is 4.90 Å². The van der Waals surface area contributed by atoms with Crippen LogP contribution in [0.15, 0.2) is 54.6 Å². The minimum atomic E-state index is -0.868. The molecule has 0 aromatic heterocycles. The van der Waals surface area contributed by atoms with Gasteiger partial charge in [-0.25, -0.2) is 9.18 Å². The quantitative estimate of drug-likeness (QED) is 0.827. The first-order valence-electron chi connectivity index (χ1n) is 10.7. The van der Waals surface area contributed by atoms with Gasteiger partial charge in [0.1, 0.15) is 12.4 Å². The molecule has 1 saturated heterocycles. The van der Waals surface area contributed by atoms with Gasteiger partial charge in [-0.3, -0.25) is 4.90 Å². The summed E-state index contributed by atoms with van der Waals surface area (Å²) in [4.78, 5) is 16.5. The summed E-state index contributed by atoms with van der Waals surface area (Å²) in [5.74, 6) is -0.281. The highest BCUT2D eigenvalue weighted by molar-refractivity contribution is 5.67. The summed E-state index contributed by atoms with van der Waals surface area (Å²) < 4.78 is 18.6. The molecule has 4 rings (SSSR count). The Morgan fingerprint density at radius 3 is 2.27 bits per heavy atom. The molecule has 30 heavy (non-hydrogen) atoms. The van der Waals surface area contributed by atoms with Gasteiger partial charge in [-0.2, -0.15) is 0 Å². The van der Waals surface area contributed by atoms with Crippen LogP contribution in [0.4, 0.5) is 9.18 Å². The molecule has 1 saturated carbocycles. The van der Waals surface area contributed by atoms with E-state index in [1.165, 1.54) is 12.1 Å². The Morgan fingerprint density at radius 1 is 1.00 bits per heavy atom. The fourth-order valence-electron chi connectivity index (χ4n) is 4.57. The largest absolute Gasteiger partial charge is 0.445 e. The molecule has 2 aliphatic rings. The second kappa shape index (κ2) is 9.14. The van der Waals surface area contributed by atoms with Crippen molar-refractivity contribution in [1.29, 1.82) is 0 Å². The first-order chi connectivity index (χ1) is 14.5. The van der Waals surface area contributed by atoms with Gasteiger partial charge < -0.3 is 14.7 Å². The molecule has 5 nitrogen and oxygen atoms in total. The van der Waals surface area contributed by atoms with Crippen molar-refractivity contribution in [2.24, 2.45) is 0 Å². The molecule has 0 spiro atoms. The summed E-state index contributed by atoms with van der Waals surface area (Å²) in [6.07, 6.45) is 2.87. The lowest BCUT2D eigenvalue weighted by Crippen LogP contribution is -2.53. The molecule has 0 bridgehead atoms. The average Bonchev–Trinajstić information content (AvgIpc) is 2.79. The van der Waals surface area contributed by atoms with Gasteiger partial charge in [-0.15, -0.1) is 0 Å². The number of ether oxygens (including phenoxy) is 1. The number of nitrogens with zero attached hydrogens (tertiary/aromatic N) is 2. The zero-order chi connectivity index (χ0) is 21.0. The summed E-state index contributed by atoms with van der Waals surface area (Å²) in [6.45, 7) is 3.25. The zero-order valence-corrected chi connectivity index (χ0v) is 17.2. The summed E-state index contributed by atoms with van der Waals surface area (Å²) in [6, 6.07) is 16.3. The Hall–Kier alpha value is -2.44. The highest BCUT2D eigenvalue weighted by Crippen LogP contribution is 2.38. The normalized spacial score (nSPS) is 25.1. The SMILES string of the molecule is O=C(OCc1ccccc1)N1CCN(C2CCC(O)(c3ccc(F)cc3)CC2)CC1. The van der Waals surface area contributed by atoms with E-state index in [4.69, 9.17) is 4.74 Å². The number of amides is 1. The maximum Gasteiger partial charge on any atom is 0.410 e. The summed E-state index contributed by atoms with van der Waals surface area (Å²) in [5.41, 5.74) is 0.918. The summed E-state index contributed by atoms with van der Waals surface area (Å²) in [7, 11) is 0. The molecule has 0 radical (unpaired) electrons. The third-order valence-electron chi connectivity index (χ3n) is 6.46. The van der Waals surface area contributed by atoms with Crippen LogP contribution in [-0.4, -0.2) is 53.2 Å².